The molecule has 8 heteroatoms. The maximum Gasteiger partial charge on any atom is 0.253 e. The van der Waals surface area contributed by atoms with E-state index >= 15 is 0 Å². The maximum absolute atomic E-state index is 13.1. The van der Waals surface area contributed by atoms with E-state index in [0.29, 0.717) is 50.2 Å². The zero-order valence-electron chi connectivity index (χ0n) is 17.5. The molecule has 3 aromatic rings. The Labute approximate surface area is 174 Å². The van der Waals surface area contributed by atoms with Crippen LogP contribution in [0.4, 0.5) is 10.1 Å². The van der Waals surface area contributed by atoms with Crippen LogP contribution in [0.2, 0.25) is 0 Å². The molecular weight excluding hydrogens is 385 g/mol. The highest BCUT2D eigenvalue weighted by Crippen LogP contribution is 2.22. The van der Waals surface area contributed by atoms with E-state index in [4.69, 9.17) is 0 Å². The number of piperazine rings is 1. The lowest BCUT2D eigenvalue weighted by Crippen LogP contribution is -2.48. The quantitative estimate of drug-likeness (QED) is 0.715. The van der Waals surface area contributed by atoms with Crippen molar-refractivity contribution in [1.29, 1.82) is 0 Å². The Hall–Kier alpha value is -3.16. The largest absolute Gasteiger partial charge is 0.368 e. The molecule has 0 aliphatic carbocycles. The molecule has 0 saturated carbocycles. The van der Waals surface area contributed by atoms with Crippen LogP contribution in [0, 0.1) is 19.7 Å². The second-order valence-electron chi connectivity index (χ2n) is 7.83. The molecule has 1 N–H and O–H groups in total. The van der Waals surface area contributed by atoms with Gasteiger partial charge in [-0.1, -0.05) is 0 Å². The van der Waals surface area contributed by atoms with E-state index in [9.17, 15) is 14.0 Å². The molecule has 4 rings (SSSR count). The Morgan fingerprint density at radius 3 is 2.47 bits per heavy atom. The molecule has 0 atom stereocenters. The standard InChI is InChI=1S/C22H26FN5O2/c1-14-18(22(30)24-21-20(14)15(2)25-26(21)3)8-9-19(29)28-12-10-27(11-13-28)17-6-4-16(23)5-7-17/h4-7H,8-13H2,1-3H3,(H,24,30). The van der Waals surface area contributed by atoms with Gasteiger partial charge in [-0.2, -0.15) is 5.10 Å². The van der Waals surface area contributed by atoms with E-state index in [0.717, 1.165) is 22.3 Å². The summed E-state index contributed by atoms with van der Waals surface area (Å²) in [6.45, 7) is 6.49. The molecule has 3 heterocycles. The number of benzene rings is 1. The summed E-state index contributed by atoms with van der Waals surface area (Å²) >= 11 is 0. The second-order valence-corrected chi connectivity index (χ2v) is 7.83. The van der Waals surface area contributed by atoms with Crippen LogP contribution >= 0.6 is 0 Å². The number of halogens is 1. The van der Waals surface area contributed by atoms with Gasteiger partial charge in [-0.25, -0.2) is 4.39 Å². The van der Waals surface area contributed by atoms with Crippen molar-refractivity contribution in [2.75, 3.05) is 31.1 Å². The van der Waals surface area contributed by atoms with E-state index in [-0.39, 0.29) is 17.3 Å². The Morgan fingerprint density at radius 1 is 1.13 bits per heavy atom. The Kier molecular flexibility index (Phi) is 5.32. The summed E-state index contributed by atoms with van der Waals surface area (Å²) in [4.78, 5) is 32.2. The number of aryl methyl sites for hydroxylation is 3. The van der Waals surface area contributed by atoms with Crippen LogP contribution in [0.25, 0.3) is 11.0 Å². The number of pyridine rings is 1. The van der Waals surface area contributed by atoms with Gasteiger partial charge in [-0.3, -0.25) is 14.3 Å². The number of carbonyl (C=O) groups excluding carboxylic acids is 1. The third-order valence-electron chi connectivity index (χ3n) is 5.97. The summed E-state index contributed by atoms with van der Waals surface area (Å²) in [5.74, 6) is -0.201. The maximum atomic E-state index is 13.1. The summed E-state index contributed by atoms with van der Waals surface area (Å²) < 4.78 is 14.8. The molecule has 0 unspecified atom stereocenters. The van der Waals surface area contributed by atoms with Crippen molar-refractivity contribution < 1.29 is 9.18 Å². The predicted octanol–water partition coefficient (Wildman–Crippen LogP) is 2.30. The molecule has 7 nitrogen and oxygen atoms in total. The zero-order valence-corrected chi connectivity index (χ0v) is 17.5. The monoisotopic (exact) mass is 411 g/mol. The molecule has 158 valence electrons. The first-order valence-corrected chi connectivity index (χ1v) is 10.2. The van der Waals surface area contributed by atoms with Gasteiger partial charge in [0.1, 0.15) is 11.5 Å². The molecule has 0 bridgehead atoms. The molecule has 1 aliphatic rings. The van der Waals surface area contributed by atoms with Gasteiger partial charge >= 0.3 is 0 Å². The fourth-order valence-corrected chi connectivity index (χ4v) is 4.31. The SMILES string of the molecule is Cc1nn(C)c2[nH]c(=O)c(CCC(=O)N3CCN(c4ccc(F)cc4)CC3)c(C)c12. The number of H-pyrrole nitrogens is 1. The number of nitrogens with zero attached hydrogens (tertiary/aromatic N) is 4. The summed E-state index contributed by atoms with van der Waals surface area (Å²) in [5.41, 5.74) is 3.93. The van der Waals surface area contributed by atoms with Crippen molar-refractivity contribution in [1.82, 2.24) is 19.7 Å². The van der Waals surface area contributed by atoms with Crippen molar-refractivity contribution in [3.63, 3.8) is 0 Å². The van der Waals surface area contributed by atoms with Gasteiger partial charge in [0.25, 0.3) is 5.56 Å². The van der Waals surface area contributed by atoms with E-state index < -0.39 is 0 Å². The molecule has 1 aromatic carbocycles. The van der Waals surface area contributed by atoms with E-state index in [2.05, 4.69) is 15.0 Å². The molecule has 2 aromatic heterocycles. The lowest BCUT2D eigenvalue weighted by atomic mass is 10.0. The zero-order chi connectivity index (χ0) is 21.4. The Bertz CT molecular complexity index is 1140. The van der Waals surface area contributed by atoms with Crippen molar-refractivity contribution in [3.05, 3.63) is 57.3 Å². The second kappa shape index (κ2) is 7.93. The van der Waals surface area contributed by atoms with Gasteiger partial charge in [-0.05, 0) is 50.1 Å². The van der Waals surface area contributed by atoms with Crippen LogP contribution in [0.5, 0.6) is 0 Å². The van der Waals surface area contributed by atoms with Crippen LogP contribution in [0.15, 0.2) is 29.1 Å². The van der Waals surface area contributed by atoms with Crippen molar-refractivity contribution >= 4 is 22.6 Å². The number of aromatic nitrogens is 3. The summed E-state index contributed by atoms with van der Waals surface area (Å²) in [5, 5.41) is 5.34. The fourth-order valence-electron chi connectivity index (χ4n) is 4.31. The molecule has 1 saturated heterocycles. The van der Waals surface area contributed by atoms with Crippen LogP contribution in [-0.2, 0) is 18.3 Å². The minimum Gasteiger partial charge on any atom is -0.368 e. The number of nitrogens with one attached hydrogen (secondary N) is 1. The van der Waals surface area contributed by atoms with Crippen molar-refractivity contribution in [2.45, 2.75) is 26.7 Å². The average Bonchev–Trinajstić information content (AvgIpc) is 3.01. The molecule has 1 amide bonds. The summed E-state index contributed by atoms with van der Waals surface area (Å²) in [7, 11) is 1.81. The van der Waals surface area contributed by atoms with Crippen LogP contribution < -0.4 is 10.5 Å². The van der Waals surface area contributed by atoms with Crippen molar-refractivity contribution in [2.24, 2.45) is 7.05 Å². The molecular formula is C22H26FN5O2. The van der Waals surface area contributed by atoms with Gasteiger partial charge in [0.2, 0.25) is 5.91 Å². The van der Waals surface area contributed by atoms with Gasteiger partial charge in [0, 0.05) is 56.3 Å². The number of anilines is 1. The van der Waals surface area contributed by atoms with E-state index in [1.165, 1.54) is 12.1 Å². The number of amides is 1. The molecule has 1 aliphatic heterocycles. The van der Waals surface area contributed by atoms with Gasteiger partial charge in [0.05, 0.1) is 5.69 Å². The highest BCUT2D eigenvalue weighted by Gasteiger charge is 2.22. The lowest BCUT2D eigenvalue weighted by Gasteiger charge is -2.36. The first-order chi connectivity index (χ1) is 14.3. The van der Waals surface area contributed by atoms with Gasteiger partial charge in [-0.15, -0.1) is 0 Å². The van der Waals surface area contributed by atoms with Gasteiger partial charge in [0.15, 0.2) is 0 Å². The van der Waals surface area contributed by atoms with E-state index in [1.807, 2.05) is 18.7 Å². The van der Waals surface area contributed by atoms with Crippen molar-refractivity contribution in [3.8, 4) is 0 Å². The Balaban J connectivity index is 1.40. The lowest BCUT2D eigenvalue weighted by molar-refractivity contribution is -0.131. The van der Waals surface area contributed by atoms with Crippen LogP contribution in [0.1, 0.15) is 23.2 Å². The Morgan fingerprint density at radius 2 is 1.80 bits per heavy atom. The highest BCUT2D eigenvalue weighted by molar-refractivity contribution is 5.83. The third-order valence-corrected chi connectivity index (χ3v) is 5.97. The van der Waals surface area contributed by atoms with Crippen LogP contribution in [-0.4, -0.2) is 51.8 Å². The topological polar surface area (TPSA) is 74.2 Å². The highest BCUT2D eigenvalue weighted by atomic mass is 19.1. The number of hydrogen-bond acceptors (Lipinski definition) is 4. The summed E-state index contributed by atoms with van der Waals surface area (Å²) in [6.07, 6.45) is 0.702. The molecule has 0 spiro atoms. The number of carbonyl (C=O) groups is 1. The molecule has 30 heavy (non-hydrogen) atoms. The van der Waals surface area contributed by atoms with Crippen LogP contribution in [0.3, 0.4) is 0 Å². The number of fused-ring (bicyclic) bond motifs is 1. The number of hydrogen-bond donors (Lipinski definition) is 1. The molecule has 0 radical (unpaired) electrons. The normalized spacial score (nSPS) is 14.5. The number of rotatable bonds is 4. The summed E-state index contributed by atoms with van der Waals surface area (Å²) in [6, 6.07) is 6.43. The minimum absolute atomic E-state index is 0.0514. The first-order valence-electron chi connectivity index (χ1n) is 10.2. The third kappa shape index (κ3) is 3.69. The smallest absolute Gasteiger partial charge is 0.253 e. The predicted molar refractivity (Wildman–Crippen MR) is 114 cm³/mol. The minimum atomic E-state index is -0.252. The number of aromatic amines is 1. The fraction of sp³-hybridized carbons (Fsp3) is 0.409. The van der Waals surface area contributed by atoms with Gasteiger partial charge < -0.3 is 14.8 Å². The average molecular weight is 411 g/mol. The van der Waals surface area contributed by atoms with E-state index in [1.54, 1.807) is 23.9 Å². The molecule has 1 fully saturated rings. The first kappa shape index (κ1) is 20.1.